The average Bonchev–Trinajstić information content (AvgIpc) is 2.20. The molecule has 0 radical (unpaired) electrons. The van der Waals surface area contributed by atoms with E-state index in [1.165, 1.54) is 0 Å². The van der Waals surface area contributed by atoms with Crippen LogP contribution in [0.25, 0.3) is 0 Å². The number of hydrogen-bond acceptors (Lipinski definition) is 3. The molecule has 0 aliphatic rings. The Morgan fingerprint density at radius 3 is 2.53 bits per heavy atom. The topological polar surface area (TPSA) is 38.7 Å². The molecule has 0 aliphatic carbocycles. The summed E-state index contributed by atoms with van der Waals surface area (Å²) in [5.41, 5.74) is 1.79. The molecular weight excluding hydrogens is 260 g/mol. The van der Waals surface area contributed by atoms with Crippen LogP contribution in [-0.2, 0) is 11.3 Å². The monoisotopic (exact) mass is 274 g/mol. The first-order valence-corrected chi connectivity index (χ1v) is 5.42. The highest BCUT2D eigenvalue weighted by Crippen LogP contribution is 2.31. The summed E-state index contributed by atoms with van der Waals surface area (Å²) in [6, 6.07) is 3.73. The maximum Gasteiger partial charge on any atom is 0.133 e. The van der Waals surface area contributed by atoms with Gasteiger partial charge in [-0.2, -0.15) is 0 Å². The van der Waals surface area contributed by atoms with E-state index in [2.05, 4.69) is 15.9 Å². The minimum Gasteiger partial charge on any atom is -0.496 e. The van der Waals surface area contributed by atoms with Gasteiger partial charge in [-0.15, -0.1) is 0 Å². The summed E-state index contributed by atoms with van der Waals surface area (Å²) in [7, 11) is 3.24. The van der Waals surface area contributed by atoms with E-state index in [4.69, 9.17) is 9.47 Å². The van der Waals surface area contributed by atoms with E-state index in [0.29, 0.717) is 6.61 Å². The first-order valence-electron chi connectivity index (χ1n) is 4.63. The number of rotatable bonds is 4. The van der Waals surface area contributed by atoms with Gasteiger partial charge in [-0.1, -0.05) is 0 Å². The lowest BCUT2D eigenvalue weighted by Crippen LogP contribution is -2.01. The Balaban J connectivity index is 3.19. The molecule has 4 heteroatoms. The van der Waals surface area contributed by atoms with Gasteiger partial charge in [0.25, 0.3) is 0 Å². The Hall–Kier alpha value is -0.580. The quantitative estimate of drug-likeness (QED) is 0.918. The van der Waals surface area contributed by atoms with Crippen LogP contribution in [0.3, 0.4) is 0 Å². The predicted molar refractivity (Wildman–Crippen MR) is 62.0 cm³/mol. The molecule has 0 aliphatic heterocycles. The largest absolute Gasteiger partial charge is 0.496 e. The van der Waals surface area contributed by atoms with E-state index in [-0.39, 0.29) is 0 Å². The van der Waals surface area contributed by atoms with Crippen LogP contribution < -0.4 is 4.74 Å². The van der Waals surface area contributed by atoms with Crippen LogP contribution in [0.4, 0.5) is 0 Å². The molecule has 1 N–H and O–H groups in total. The standard InChI is InChI=1S/C11H15BrO3/c1-7(13)9-5-10(12)11(15-3)4-8(9)6-14-2/h4-5,7,13H,6H2,1-3H3. The molecule has 0 bridgehead atoms. The smallest absolute Gasteiger partial charge is 0.133 e. The molecule has 1 aromatic carbocycles. The van der Waals surface area contributed by atoms with Crippen molar-refractivity contribution in [3.8, 4) is 5.75 Å². The van der Waals surface area contributed by atoms with Crippen molar-refractivity contribution in [1.29, 1.82) is 0 Å². The summed E-state index contributed by atoms with van der Waals surface area (Å²) >= 11 is 3.38. The SMILES string of the molecule is COCc1cc(OC)c(Br)cc1C(C)O. The van der Waals surface area contributed by atoms with Crippen molar-refractivity contribution in [2.75, 3.05) is 14.2 Å². The van der Waals surface area contributed by atoms with Gasteiger partial charge in [-0.25, -0.2) is 0 Å². The molecule has 0 amide bonds. The minimum atomic E-state index is -0.516. The molecule has 0 spiro atoms. The molecule has 1 rings (SSSR count). The minimum absolute atomic E-state index is 0.462. The van der Waals surface area contributed by atoms with E-state index in [9.17, 15) is 5.11 Å². The summed E-state index contributed by atoms with van der Waals surface area (Å²) in [5, 5.41) is 9.60. The Morgan fingerprint density at radius 2 is 2.07 bits per heavy atom. The van der Waals surface area contributed by atoms with Crippen molar-refractivity contribution in [2.24, 2.45) is 0 Å². The molecule has 0 heterocycles. The van der Waals surface area contributed by atoms with Crippen LogP contribution in [0.1, 0.15) is 24.2 Å². The second-order valence-corrected chi connectivity index (χ2v) is 4.15. The third kappa shape index (κ3) is 2.93. The second-order valence-electron chi connectivity index (χ2n) is 3.29. The van der Waals surface area contributed by atoms with Crippen molar-refractivity contribution in [2.45, 2.75) is 19.6 Å². The highest BCUT2D eigenvalue weighted by atomic mass is 79.9. The fourth-order valence-electron chi connectivity index (χ4n) is 1.44. The van der Waals surface area contributed by atoms with E-state index < -0.39 is 6.10 Å². The van der Waals surface area contributed by atoms with Crippen molar-refractivity contribution >= 4 is 15.9 Å². The van der Waals surface area contributed by atoms with Crippen LogP contribution in [0.5, 0.6) is 5.75 Å². The Morgan fingerprint density at radius 1 is 1.40 bits per heavy atom. The molecule has 0 fully saturated rings. The van der Waals surface area contributed by atoms with E-state index in [0.717, 1.165) is 21.3 Å². The summed E-state index contributed by atoms with van der Waals surface area (Å²) < 4.78 is 11.1. The van der Waals surface area contributed by atoms with Gasteiger partial charge >= 0.3 is 0 Å². The van der Waals surface area contributed by atoms with Gasteiger partial charge in [0.2, 0.25) is 0 Å². The van der Waals surface area contributed by atoms with Crippen LogP contribution in [-0.4, -0.2) is 19.3 Å². The van der Waals surface area contributed by atoms with Crippen molar-refractivity contribution < 1.29 is 14.6 Å². The molecule has 0 saturated heterocycles. The molecule has 15 heavy (non-hydrogen) atoms. The third-order valence-electron chi connectivity index (χ3n) is 2.16. The van der Waals surface area contributed by atoms with Crippen molar-refractivity contribution in [1.82, 2.24) is 0 Å². The summed E-state index contributed by atoms with van der Waals surface area (Å²) in [6.45, 7) is 2.19. The van der Waals surface area contributed by atoms with Gasteiger partial charge in [0.15, 0.2) is 0 Å². The van der Waals surface area contributed by atoms with E-state index in [1.807, 2.05) is 12.1 Å². The highest BCUT2D eigenvalue weighted by molar-refractivity contribution is 9.10. The summed E-state index contributed by atoms with van der Waals surface area (Å²) in [4.78, 5) is 0. The third-order valence-corrected chi connectivity index (χ3v) is 2.78. The summed E-state index contributed by atoms with van der Waals surface area (Å²) in [5.74, 6) is 0.742. The van der Waals surface area contributed by atoms with E-state index in [1.54, 1.807) is 21.1 Å². The summed E-state index contributed by atoms with van der Waals surface area (Å²) in [6.07, 6.45) is -0.516. The molecule has 1 aromatic rings. The highest BCUT2D eigenvalue weighted by Gasteiger charge is 2.12. The number of methoxy groups -OCH3 is 2. The lowest BCUT2D eigenvalue weighted by molar-refractivity contribution is 0.170. The molecule has 84 valence electrons. The molecule has 0 saturated carbocycles. The van der Waals surface area contributed by atoms with Gasteiger partial charge in [0.1, 0.15) is 5.75 Å². The first kappa shape index (κ1) is 12.5. The molecule has 1 unspecified atom stereocenters. The molecule has 3 nitrogen and oxygen atoms in total. The van der Waals surface area contributed by atoms with Gasteiger partial charge in [-0.3, -0.25) is 0 Å². The van der Waals surface area contributed by atoms with Crippen molar-refractivity contribution in [3.05, 3.63) is 27.7 Å². The van der Waals surface area contributed by atoms with Crippen LogP contribution >= 0.6 is 15.9 Å². The Kier molecular flexibility index (Phi) is 4.57. The normalized spacial score (nSPS) is 12.6. The van der Waals surface area contributed by atoms with Crippen molar-refractivity contribution in [3.63, 3.8) is 0 Å². The van der Waals surface area contributed by atoms with Gasteiger partial charge < -0.3 is 14.6 Å². The van der Waals surface area contributed by atoms with Gasteiger partial charge in [0, 0.05) is 7.11 Å². The first-order chi connectivity index (χ1) is 7.10. The fourth-order valence-corrected chi connectivity index (χ4v) is 1.96. The number of ether oxygens (including phenoxy) is 2. The number of aliphatic hydroxyl groups is 1. The molecule has 0 aromatic heterocycles. The molecular formula is C11H15BrO3. The maximum absolute atomic E-state index is 9.60. The average molecular weight is 275 g/mol. The Labute approximate surface area is 98.1 Å². The maximum atomic E-state index is 9.60. The number of benzene rings is 1. The lowest BCUT2D eigenvalue weighted by Gasteiger charge is -2.14. The number of hydrogen-bond donors (Lipinski definition) is 1. The van der Waals surface area contributed by atoms with Crippen LogP contribution in [0, 0.1) is 0 Å². The zero-order valence-electron chi connectivity index (χ0n) is 9.08. The lowest BCUT2D eigenvalue weighted by atomic mass is 10.0. The molecule has 1 atom stereocenters. The number of halogens is 1. The van der Waals surface area contributed by atoms with Gasteiger partial charge in [-0.05, 0) is 46.1 Å². The predicted octanol–water partition coefficient (Wildman–Crippen LogP) is 2.66. The van der Waals surface area contributed by atoms with Crippen LogP contribution in [0.15, 0.2) is 16.6 Å². The Bertz CT molecular complexity index is 337. The van der Waals surface area contributed by atoms with Crippen LogP contribution in [0.2, 0.25) is 0 Å². The number of aliphatic hydroxyl groups excluding tert-OH is 1. The van der Waals surface area contributed by atoms with E-state index >= 15 is 0 Å². The zero-order valence-corrected chi connectivity index (χ0v) is 10.7. The fraction of sp³-hybridized carbons (Fsp3) is 0.455. The van der Waals surface area contributed by atoms with Gasteiger partial charge in [0.05, 0.1) is 24.3 Å². The zero-order chi connectivity index (χ0) is 11.4. The second kappa shape index (κ2) is 5.49.